The van der Waals surface area contributed by atoms with Gasteiger partial charge in [-0.3, -0.25) is 29.5 Å². The largest absolute Gasteiger partial charge is 0.424 e. The van der Waals surface area contributed by atoms with E-state index in [4.69, 9.17) is 20.9 Å². The van der Waals surface area contributed by atoms with Gasteiger partial charge in [-0.2, -0.15) is 10.5 Å². The molecule has 0 radical (unpaired) electrons. The van der Waals surface area contributed by atoms with E-state index in [1.807, 2.05) is 12.1 Å². The SMILES string of the molecule is N#CC1=C(N)Oc2[nH]c(=O)[nH]c(=O)c2C1c1ccc(C2C(C#N)=C(N)Oc3[nH]c(=O)[nH]c(=O)c32)cc1. The fourth-order valence-corrected chi connectivity index (χ4v) is 4.33. The summed E-state index contributed by atoms with van der Waals surface area (Å²) in [5.41, 5.74) is 9.30. The van der Waals surface area contributed by atoms with Crippen LogP contribution in [0, 0.1) is 22.7 Å². The molecule has 8 N–H and O–H groups in total. The maximum Gasteiger partial charge on any atom is 0.328 e. The van der Waals surface area contributed by atoms with Crippen LogP contribution in [0.4, 0.5) is 0 Å². The zero-order valence-electron chi connectivity index (χ0n) is 18.0. The minimum atomic E-state index is -0.980. The van der Waals surface area contributed by atoms with Gasteiger partial charge in [0.15, 0.2) is 0 Å². The highest BCUT2D eigenvalue weighted by Gasteiger charge is 2.36. The van der Waals surface area contributed by atoms with Crippen LogP contribution in [0.5, 0.6) is 11.8 Å². The quantitative estimate of drug-likeness (QED) is 0.254. The Hall–Kier alpha value is -5.76. The number of benzene rings is 1. The van der Waals surface area contributed by atoms with Crippen LogP contribution >= 0.6 is 0 Å². The first-order valence-electron chi connectivity index (χ1n) is 10.2. The number of rotatable bonds is 2. The summed E-state index contributed by atoms with van der Waals surface area (Å²) < 4.78 is 10.6. The van der Waals surface area contributed by atoms with Crippen LogP contribution in [-0.2, 0) is 0 Å². The highest BCUT2D eigenvalue weighted by molar-refractivity contribution is 5.56. The fraction of sp³-hybridized carbons (Fsp3) is 0.0909. The molecule has 2 atom stereocenters. The summed E-state index contributed by atoms with van der Waals surface area (Å²) in [6, 6.07) is 10.1. The lowest BCUT2D eigenvalue weighted by Gasteiger charge is -2.26. The van der Waals surface area contributed by atoms with Gasteiger partial charge in [-0.1, -0.05) is 24.3 Å². The molecule has 0 aliphatic carbocycles. The summed E-state index contributed by atoms with van der Waals surface area (Å²) in [5, 5.41) is 19.4. The molecule has 2 aliphatic rings. The smallest absolute Gasteiger partial charge is 0.328 e. The number of nitrogens with one attached hydrogen (secondary N) is 4. The molecule has 2 aliphatic heterocycles. The van der Waals surface area contributed by atoms with E-state index in [0.717, 1.165) is 0 Å². The fourth-order valence-electron chi connectivity index (χ4n) is 4.33. The number of ether oxygens (including phenoxy) is 2. The number of H-pyrrole nitrogens is 4. The second kappa shape index (κ2) is 7.93. The van der Waals surface area contributed by atoms with E-state index < -0.39 is 34.3 Å². The summed E-state index contributed by atoms with van der Waals surface area (Å²) in [6.07, 6.45) is 0. The zero-order chi connectivity index (χ0) is 25.7. The van der Waals surface area contributed by atoms with Crippen molar-refractivity contribution in [2.24, 2.45) is 11.5 Å². The molecule has 0 fully saturated rings. The van der Waals surface area contributed by atoms with Crippen molar-refractivity contribution in [2.75, 3.05) is 0 Å². The molecule has 2 aromatic heterocycles. The number of hydrogen-bond donors (Lipinski definition) is 6. The van der Waals surface area contributed by atoms with Crippen molar-refractivity contribution in [3.63, 3.8) is 0 Å². The number of aromatic nitrogens is 4. The van der Waals surface area contributed by atoms with Gasteiger partial charge in [0.2, 0.25) is 23.5 Å². The molecule has 3 aromatic rings. The number of aromatic amines is 4. The molecule has 14 nitrogen and oxygen atoms in total. The van der Waals surface area contributed by atoms with E-state index in [1.54, 1.807) is 24.3 Å². The summed E-state index contributed by atoms with van der Waals surface area (Å²) in [5.74, 6) is -2.90. The number of hydrogen-bond acceptors (Lipinski definition) is 10. The van der Waals surface area contributed by atoms with Gasteiger partial charge in [0, 0.05) is 0 Å². The number of nitrogens with two attached hydrogens (primary N) is 2. The maximum atomic E-state index is 12.6. The van der Waals surface area contributed by atoms with Crippen molar-refractivity contribution in [1.82, 2.24) is 19.9 Å². The van der Waals surface area contributed by atoms with Crippen molar-refractivity contribution in [3.05, 3.63) is 111 Å². The van der Waals surface area contributed by atoms with Crippen molar-refractivity contribution in [2.45, 2.75) is 11.8 Å². The molecule has 1 aromatic carbocycles. The van der Waals surface area contributed by atoms with Gasteiger partial charge >= 0.3 is 11.4 Å². The molecule has 178 valence electrons. The first-order chi connectivity index (χ1) is 17.2. The Morgan fingerprint density at radius 2 is 1.03 bits per heavy atom. The monoisotopic (exact) mass is 486 g/mol. The molecular weight excluding hydrogens is 472 g/mol. The van der Waals surface area contributed by atoms with Crippen molar-refractivity contribution >= 4 is 0 Å². The second-order valence-corrected chi connectivity index (χ2v) is 7.82. The minimum Gasteiger partial charge on any atom is -0.424 e. The summed E-state index contributed by atoms with van der Waals surface area (Å²) in [6.45, 7) is 0. The predicted molar refractivity (Wildman–Crippen MR) is 120 cm³/mol. The van der Waals surface area contributed by atoms with Gasteiger partial charge in [0.05, 0.1) is 23.0 Å². The van der Waals surface area contributed by atoms with Gasteiger partial charge in [0.25, 0.3) is 11.1 Å². The van der Waals surface area contributed by atoms with Crippen LogP contribution < -0.4 is 43.4 Å². The minimum absolute atomic E-state index is 0.0274. The van der Waals surface area contributed by atoms with Gasteiger partial charge in [0.1, 0.15) is 23.3 Å². The maximum absolute atomic E-state index is 12.6. The molecule has 0 saturated heterocycles. The Morgan fingerprint density at radius 3 is 1.36 bits per heavy atom. The second-order valence-electron chi connectivity index (χ2n) is 7.82. The number of fused-ring (bicyclic) bond motifs is 2. The Bertz CT molecular complexity index is 1690. The summed E-state index contributed by atoms with van der Waals surface area (Å²) in [7, 11) is 0. The van der Waals surface area contributed by atoms with E-state index in [-0.39, 0.29) is 45.8 Å². The molecular formula is C22H14N8O6. The molecule has 0 saturated carbocycles. The molecule has 2 unspecified atom stereocenters. The highest BCUT2D eigenvalue weighted by atomic mass is 16.5. The third-order valence-corrected chi connectivity index (χ3v) is 5.84. The van der Waals surface area contributed by atoms with Crippen LogP contribution in [0.2, 0.25) is 0 Å². The van der Waals surface area contributed by atoms with Crippen LogP contribution in [0.25, 0.3) is 0 Å². The molecule has 5 rings (SSSR count). The molecule has 0 spiro atoms. The summed E-state index contributed by atoms with van der Waals surface area (Å²) in [4.78, 5) is 57.5. The van der Waals surface area contributed by atoms with Crippen LogP contribution in [0.3, 0.4) is 0 Å². The zero-order valence-corrected chi connectivity index (χ0v) is 18.0. The van der Waals surface area contributed by atoms with Crippen molar-refractivity contribution in [3.8, 4) is 23.9 Å². The van der Waals surface area contributed by atoms with Crippen LogP contribution in [0.15, 0.2) is 66.4 Å². The average molecular weight is 486 g/mol. The van der Waals surface area contributed by atoms with Gasteiger partial charge < -0.3 is 20.9 Å². The van der Waals surface area contributed by atoms with Crippen LogP contribution in [-0.4, -0.2) is 19.9 Å². The Kier molecular flexibility index (Phi) is 4.86. The number of nitriles is 2. The van der Waals surface area contributed by atoms with Crippen molar-refractivity contribution in [1.29, 1.82) is 10.5 Å². The lowest BCUT2D eigenvalue weighted by atomic mass is 9.81. The van der Waals surface area contributed by atoms with E-state index in [9.17, 15) is 29.7 Å². The lowest BCUT2D eigenvalue weighted by molar-refractivity contribution is 0.372. The third-order valence-electron chi connectivity index (χ3n) is 5.84. The standard InChI is InChI=1S/C22H14N8O6/c23-5-9-11(13-17(31)27-21(33)29-19(13)35-15(9)25)7-1-2-8(4-3-7)12-10(6-24)16(26)36-20-14(12)18(32)28-22(34)30-20/h1-4,11-12H,25-26H2,(H2,27,29,31,33)(H2,28,30,32,34). The van der Waals surface area contributed by atoms with E-state index in [0.29, 0.717) is 11.1 Å². The Labute approximate surface area is 198 Å². The normalized spacial score (nSPS) is 18.3. The highest BCUT2D eigenvalue weighted by Crippen LogP contribution is 2.41. The first-order valence-corrected chi connectivity index (χ1v) is 10.2. The summed E-state index contributed by atoms with van der Waals surface area (Å²) >= 11 is 0. The first kappa shape index (κ1) is 22.1. The topological polar surface area (TPSA) is 250 Å². The van der Waals surface area contributed by atoms with Crippen LogP contribution in [0.1, 0.15) is 34.1 Å². The Balaban J connectivity index is 1.67. The lowest BCUT2D eigenvalue weighted by Crippen LogP contribution is -2.33. The third kappa shape index (κ3) is 3.25. The molecule has 14 heteroatoms. The van der Waals surface area contributed by atoms with E-state index in [2.05, 4.69) is 19.9 Å². The average Bonchev–Trinajstić information content (AvgIpc) is 2.82. The molecule has 0 amide bonds. The van der Waals surface area contributed by atoms with Gasteiger partial charge in [-0.15, -0.1) is 0 Å². The number of nitrogens with zero attached hydrogens (tertiary/aromatic N) is 2. The number of allylic oxidation sites excluding steroid dienone is 2. The molecule has 4 heterocycles. The van der Waals surface area contributed by atoms with Crippen molar-refractivity contribution < 1.29 is 9.47 Å². The van der Waals surface area contributed by atoms with E-state index >= 15 is 0 Å². The molecule has 0 bridgehead atoms. The Morgan fingerprint density at radius 1 is 0.667 bits per heavy atom. The van der Waals surface area contributed by atoms with E-state index in [1.165, 1.54) is 0 Å². The predicted octanol–water partition coefficient (Wildman–Crippen LogP) is -1.12. The van der Waals surface area contributed by atoms with Gasteiger partial charge in [-0.05, 0) is 11.1 Å². The molecule has 36 heavy (non-hydrogen) atoms. The van der Waals surface area contributed by atoms with Gasteiger partial charge in [-0.25, -0.2) is 9.59 Å².